The van der Waals surface area contributed by atoms with Gasteiger partial charge in [-0.2, -0.15) is 5.26 Å². The van der Waals surface area contributed by atoms with E-state index in [0.29, 0.717) is 14.7 Å². The number of nitrogens with zero attached hydrogens (tertiary/aromatic N) is 2. The van der Waals surface area contributed by atoms with E-state index in [1.807, 2.05) is 28.7 Å². The zero-order valence-electron chi connectivity index (χ0n) is 6.83. The number of nitro benzene ring substituents is 1. The zero-order valence-corrected chi connectivity index (χ0v) is 9.74. The summed E-state index contributed by atoms with van der Waals surface area (Å²) >= 11 is 7.47. The molecule has 0 bridgehead atoms. The Morgan fingerprint density at radius 2 is 2.29 bits per heavy atom. The van der Waals surface area contributed by atoms with Gasteiger partial charge in [0, 0.05) is 21.6 Å². The van der Waals surface area contributed by atoms with Crippen LogP contribution in [-0.4, -0.2) is 4.92 Å². The topological polar surface area (TPSA) is 66.9 Å². The Morgan fingerprint density at radius 1 is 1.64 bits per heavy atom. The zero-order chi connectivity index (χ0) is 10.7. The van der Waals surface area contributed by atoms with E-state index in [9.17, 15) is 10.1 Å². The van der Waals surface area contributed by atoms with Crippen molar-refractivity contribution in [1.29, 1.82) is 5.26 Å². The molecule has 1 aromatic carbocycles. The number of nitro groups is 1. The highest BCUT2D eigenvalue weighted by molar-refractivity contribution is 14.1. The molecule has 0 N–H and O–H groups in total. The Bertz CT molecular complexity index is 428. The fraction of sp³-hybridized carbons (Fsp3) is 0.125. The predicted octanol–water partition coefficient (Wildman–Crippen LogP) is 2.81. The first-order valence-corrected chi connectivity index (χ1v) is 5.14. The molecular formula is C8H4ClIN2O2. The van der Waals surface area contributed by atoms with Crippen LogP contribution in [0.3, 0.4) is 0 Å². The molecule has 0 saturated heterocycles. The van der Waals surface area contributed by atoms with Crippen LogP contribution in [0.1, 0.15) is 11.1 Å². The number of non-ortho nitro benzene ring substituents is 1. The van der Waals surface area contributed by atoms with E-state index in [4.69, 9.17) is 16.9 Å². The minimum atomic E-state index is -0.501. The molecule has 72 valence electrons. The summed E-state index contributed by atoms with van der Waals surface area (Å²) < 4.78 is 0.551. The van der Waals surface area contributed by atoms with Crippen LogP contribution in [0.5, 0.6) is 0 Å². The van der Waals surface area contributed by atoms with E-state index in [2.05, 4.69) is 0 Å². The standard InChI is InChI=1S/C8H4ClIN2O2/c9-3-5-1-6(12(13)14)2-8(10)7(5)4-11/h1-2H,3H2. The lowest BCUT2D eigenvalue weighted by Gasteiger charge is -2.01. The molecule has 1 aromatic rings. The van der Waals surface area contributed by atoms with Crippen molar-refractivity contribution in [1.82, 2.24) is 0 Å². The lowest BCUT2D eigenvalue weighted by molar-refractivity contribution is -0.385. The van der Waals surface area contributed by atoms with Gasteiger partial charge in [0.1, 0.15) is 6.07 Å². The fourth-order valence-electron chi connectivity index (χ4n) is 0.984. The second kappa shape index (κ2) is 4.57. The smallest absolute Gasteiger partial charge is 0.258 e. The summed E-state index contributed by atoms with van der Waals surface area (Å²) in [6.45, 7) is 0. The SMILES string of the molecule is N#Cc1c(I)cc([N+](=O)[O-])cc1CCl. The summed E-state index contributed by atoms with van der Waals surface area (Å²) in [5.74, 6) is 0.0978. The quantitative estimate of drug-likeness (QED) is 0.364. The molecule has 0 spiro atoms. The second-order valence-corrected chi connectivity index (χ2v) is 3.89. The summed E-state index contributed by atoms with van der Waals surface area (Å²) in [7, 11) is 0. The summed E-state index contributed by atoms with van der Waals surface area (Å²) in [4.78, 5) is 10.00. The number of alkyl halides is 1. The number of hydrogen-bond acceptors (Lipinski definition) is 3. The van der Waals surface area contributed by atoms with Gasteiger partial charge in [0.15, 0.2) is 0 Å². The first kappa shape index (κ1) is 11.2. The summed E-state index contributed by atoms with van der Waals surface area (Å²) in [6.07, 6.45) is 0. The van der Waals surface area contributed by atoms with Crippen LogP contribution < -0.4 is 0 Å². The Kier molecular flexibility index (Phi) is 3.66. The first-order chi connectivity index (χ1) is 6.60. The van der Waals surface area contributed by atoms with Gasteiger partial charge in [-0.25, -0.2) is 0 Å². The molecule has 0 heterocycles. The van der Waals surface area contributed by atoms with Crippen molar-refractivity contribution in [3.8, 4) is 6.07 Å². The average molecular weight is 322 g/mol. The van der Waals surface area contributed by atoms with Gasteiger partial charge in [-0.3, -0.25) is 10.1 Å². The van der Waals surface area contributed by atoms with Crippen LogP contribution in [0, 0.1) is 25.0 Å². The van der Waals surface area contributed by atoms with Crippen molar-refractivity contribution in [2.24, 2.45) is 0 Å². The third-order valence-electron chi connectivity index (χ3n) is 1.62. The van der Waals surface area contributed by atoms with Crippen LogP contribution in [0.2, 0.25) is 0 Å². The van der Waals surface area contributed by atoms with E-state index < -0.39 is 4.92 Å². The largest absolute Gasteiger partial charge is 0.270 e. The van der Waals surface area contributed by atoms with Gasteiger partial charge in [-0.1, -0.05) is 0 Å². The molecule has 0 unspecified atom stereocenters. The van der Waals surface area contributed by atoms with Gasteiger partial charge in [0.05, 0.1) is 10.5 Å². The third-order valence-corrected chi connectivity index (χ3v) is 2.76. The molecule has 0 aliphatic heterocycles. The molecule has 0 amide bonds. The molecule has 1 rings (SSSR count). The highest BCUT2D eigenvalue weighted by Gasteiger charge is 2.14. The monoisotopic (exact) mass is 322 g/mol. The lowest BCUT2D eigenvalue weighted by atomic mass is 10.1. The van der Waals surface area contributed by atoms with Crippen molar-refractivity contribution in [2.45, 2.75) is 5.88 Å². The van der Waals surface area contributed by atoms with Crippen molar-refractivity contribution < 1.29 is 4.92 Å². The highest BCUT2D eigenvalue weighted by atomic mass is 127. The molecule has 0 atom stereocenters. The average Bonchev–Trinajstić information content (AvgIpc) is 2.16. The Balaban J connectivity index is 3.40. The van der Waals surface area contributed by atoms with Crippen LogP contribution in [0.15, 0.2) is 12.1 Å². The maximum absolute atomic E-state index is 10.5. The number of hydrogen-bond donors (Lipinski definition) is 0. The molecule has 6 heteroatoms. The van der Waals surface area contributed by atoms with E-state index in [1.165, 1.54) is 12.1 Å². The minimum absolute atomic E-state index is 0.0379. The number of benzene rings is 1. The van der Waals surface area contributed by atoms with Crippen molar-refractivity contribution >= 4 is 39.9 Å². The summed E-state index contributed by atoms with van der Waals surface area (Å²) in [5, 5.41) is 19.3. The fourth-order valence-corrected chi connectivity index (χ4v) is 1.98. The summed E-state index contributed by atoms with van der Waals surface area (Å²) in [6, 6.07) is 4.65. The highest BCUT2D eigenvalue weighted by Crippen LogP contribution is 2.24. The van der Waals surface area contributed by atoms with E-state index in [1.54, 1.807) is 0 Å². The van der Waals surface area contributed by atoms with Gasteiger partial charge < -0.3 is 0 Å². The molecule has 0 aromatic heterocycles. The maximum Gasteiger partial charge on any atom is 0.270 e. The van der Waals surface area contributed by atoms with E-state index in [-0.39, 0.29) is 11.6 Å². The third kappa shape index (κ3) is 2.13. The van der Waals surface area contributed by atoms with Gasteiger partial charge in [0.2, 0.25) is 0 Å². The van der Waals surface area contributed by atoms with Gasteiger partial charge in [-0.15, -0.1) is 11.6 Å². The van der Waals surface area contributed by atoms with Crippen LogP contribution >= 0.6 is 34.2 Å². The Labute approximate surface area is 98.8 Å². The lowest BCUT2D eigenvalue weighted by Crippen LogP contribution is -1.95. The molecule has 0 saturated carbocycles. The molecule has 14 heavy (non-hydrogen) atoms. The number of halogens is 2. The van der Waals surface area contributed by atoms with Crippen LogP contribution in [-0.2, 0) is 5.88 Å². The second-order valence-electron chi connectivity index (χ2n) is 2.46. The maximum atomic E-state index is 10.5. The van der Waals surface area contributed by atoms with Gasteiger partial charge >= 0.3 is 0 Å². The first-order valence-electron chi connectivity index (χ1n) is 3.53. The van der Waals surface area contributed by atoms with Crippen LogP contribution in [0.4, 0.5) is 5.69 Å². The van der Waals surface area contributed by atoms with E-state index >= 15 is 0 Å². The van der Waals surface area contributed by atoms with Crippen LogP contribution in [0.25, 0.3) is 0 Å². The molecule has 0 aliphatic carbocycles. The Hall–Kier alpha value is -0.870. The number of nitriles is 1. The van der Waals surface area contributed by atoms with E-state index in [0.717, 1.165) is 0 Å². The molecule has 0 fully saturated rings. The molecule has 4 nitrogen and oxygen atoms in total. The number of rotatable bonds is 2. The van der Waals surface area contributed by atoms with Crippen molar-refractivity contribution in [3.63, 3.8) is 0 Å². The predicted molar refractivity (Wildman–Crippen MR) is 60.1 cm³/mol. The normalized spacial score (nSPS) is 9.50. The molecular weight excluding hydrogens is 318 g/mol. The molecule has 0 aliphatic rings. The Morgan fingerprint density at radius 3 is 2.71 bits per heavy atom. The van der Waals surface area contributed by atoms with Gasteiger partial charge in [0.25, 0.3) is 5.69 Å². The van der Waals surface area contributed by atoms with Gasteiger partial charge in [-0.05, 0) is 28.2 Å². The summed E-state index contributed by atoms with van der Waals surface area (Å²) in [5.41, 5.74) is 0.864. The van der Waals surface area contributed by atoms with Crippen molar-refractivity contribution in [3.05, 3.63) is 36.9 Å². The molecule has 0 radical (unpaired) electrons. The van der Waals surface area contributed by atoms with Crippen molar-refractivity contribution in [2.75, 3.05) is 0 Å². The minimum Gasteiger partial charge on any atom is -0.258 e.